The van der Waals surface area contributed by atoms with Gasteiger partial charge in [-0.25, -0.2) is 18.4 Å². The average molecular weight is 405 g/mol. The van der Waals surface area contributed by atoms with Crippen molar-refractivity contribution < 1.29 is 13.2 Å². The second kappa shape index (κ2) is 6.68. The van der Waals surface area contributed by atoms with Crippen molar-refractivity contribution in [3.63, 3.8) is 0 Å². The topological polar surface area (TPSA) is 83.5 Å². The number of rotatable bonds is 3. The van der Waals surface area contributed by atoms with Crippen LogP contribution >= 0.6 is 0 Å². The van der Waals surface area contributed by atoms with Crippen LogP contribution in [-0.2, 0) is 20.4 Å². The number of hydrogen-bond acceptors (Lipinski definition) is 6. The van der Waals surface area contributed by atoms with Gasteiger partial charge in [0.05, 0.1) is 16.7 Å². The molecule has 5 rings (SSSR count). The van der Waals surface area contributed by atoms with Crippen molar-refractivity contribution in [1.82, 2.24) is 14.9 Å². The minimum Gasteiger partial charge on any atom is -0.341 e. The molecule has 1 amide bonds. The summed E-state index contributed by atoms with van der Waals surface area (Å²) in [6.07, 6.45) is 6.87. The number of carbonyl (C=O) groups excluding carboxylic acids is 1. The van der Waals surface area contributed by atoms with Gasteiger partial charge in [-0.2, -0.15) is 0 Å². The molecule has 3 aliphatic heterocycles. The second-order valence-electron chi connectivity index (χ2n) is 9.17. The first-order valence-corrected chi connectivity index (χ1v) is 12.2. The zero-order valence-corrected chi connectivity index (χ0v) is 17.2. The van der Waals surface area contributed by atoms with E-state index in [1.807, 2.05) is 0 Å². The van der Waals surface area contributed by atoms with Crippen molar-refractivity contribution in [2.24, 2.45) is 11.8 Å². The average Bonchev–Trinajstić information content (AvgIpc) is 3.34. The molecule has 0 aromatic carbocycles. The van der Waals surface area contributed by atoms with E-state index in [4.69, 9.17) is 4.98 Å². The Labute approximate surface area is 166 Å². The van der Waals surface area contributed by atoms with E-state index < -0.39 is 15.1 Å². The molecule has 3 fully saturated rings. The third-order valence-corrected chi connectivity index (χ3v) is 8.89. The molecule has 1 aromatic rings. The monoisotopic (exact) mass is 404 g/mol. The highest BCUT2D eigenvalue weighted by Gasteiger charge is 2.49. The molecule has 1 aliphatic carbocycles. The fourth-order valence-corrected chi connectivity index (χ4v) is 6.98. The van der Waals surface area contributed by atoms with Crippen LogP contribution in [-0.4, -0.2) is 60.6 Å². The maximum absolute atomic E-state index is 12.9. The summed E-state index contributed by atoms with van der Waals surface area (Å²) < 4.78 is 25.7. The van der Waals surface area contributed by atoms with E-state index in [0.717, 1.165) is 38.0 Å². The minimum atomic E-state index is -3.29. The second-order valence-corrected chi connectivity index (χ2v) is 11.4. The van der Waals surface area contributed by atoms with E-state index >= 15 is 0 Å². The molecule has 7 nitrogen and oxygen atoms in total. The summed E-state index contributed by atoms with van der Waals surface area (Å²) in [5.74, 6) is 1.71. The smallest absolute Gasteiger partial charge is 0.225 e. The first kappa shape index (κ1) is 18.3. The van der Waals surface area contributed by atoms with E-state index in [0.29, 0.717) is 42.9 Å². The van der Waals surface area contributed by atoms with Crippen LogP contribution in [0.25, 0.3) is 0 Å². The summed E-state index contributed by atoms with van der Waals surface area (Å²) in [6.45, 7) is 4.92. The Morgan fingerprint density at radius 2 is 2.04 bits per heavy atom. The minimum absolute atomic E-state index is 0.00909. The Hall–Kier alpha value is -1.70. The van der Waals surface area contributed by atoms with Crippen LogP contribution in [0, 0.1) is 11.8 Å². The molecular formula is C20H28N4O3S. The lowest BCUT2D eigenvalue weighted by Gasteiger charge is -2.32. The van der Waals surface area contributed by atoms with E-state index in [9.17, 15) is 13.2 Å². The Balaban J connectivity index is 1.44. The normalized spacial score (nSPS) is 31.4. The molecule has 0 radical (unpaired) electrons. The van der Waals surface area contributed by atoms with Crippen LogP contribution in [0.2, 0.25) is 0 Å². The molecule has 152 valence electrons. The predicted octanol–water partition coefficient (Wildman–Crippen LogP) is 1.74. The van der Waals surface area contributed by atoms with Gasteiger partial charge in [-0.1, -0.05) is 6.92 Å². The van der Waals surface area contributed by atoms with Crippen molar-refractivity contribution >= 4 is 21.7 Å². The molecule has 1 saturated carbocycles. The third-order valence-electron chi connectivity index (χ3n) is 6.77. The molecule has 8 heteroatoms. The Bertz CT molecular complexity index is 899. The number of likely N-dealkylation sites (tertiary alicyclic amines) is 1. The number of anilines is 1. The summed E-state index contributed by atoms with van der Waals surface area (Å²) in [5.41, 5.74) is 1.57. The number of fused-ring (bicyclic) bond motifs is 3. The Kier molecular flexibility index (Phi) is 4.37. The van der Waals surface area contributed by atoms with Crippen LogP contribution in [0.15, 0.2) is 6.20 Å². The number of aromatic nitrogens is 2. The van der Waals surface area contributed by atoms with Crippen molar-refractivity contribution in [2.75, 3.05) is 31.1 Å². The fraction of sp³-hybridized carbons (Fsp3) is 0.750. The van der Waals surface area contributed by atoms with Gasteiger partial charge in [0.2, 0.25) is 11.9 Å². The molecule has 0 bridgehead atoms. The molecule has 1 unspecified atom stereocenters. The van der Waals surface area contributed by atoms with Crippen LogP contribution in [0.4, 0.5) is 5.95 Å². The van der Waals surface area contributed by atoms with E-state index in [2.05, 4.69) is 16.8 Å². The SMILES string of the molecule is CC1CCCN(c2ncc3c(n2)[C@H]2CN(C(=O)CC4CC4)C[C@H]2S(=O)(=O)C3)C1. The zero-order chi connectivity index (χ0) is 19.5. The summed E-state index contributed by atoms with van der Waals surface area (Å²) >= 11 is 0. The summed E-state index contributed by atoms with van der Waals surface area (Å²) in [6, 6.07) is 0. The Morgan fingerprint density at radius 3 is 2.79 bits per heavy atom. The molecule has 2 saturated heterocycles. The number of carbonyl (C=O) groups is 1. The molecule has 4 aliphatic rings. The molecule has 4 heterocycles. The van der Waals surface area contributed by atoms with Gasteiger partial charge in [-0.3, -0.25) is 4.79 Å². The van der Waals surface area contributed by atoms with Crippen LogP contribution in [0.3, 0.4) is 0 Å². The third kappa shape index (κ3) is 3.29. The van der Waals surface area contributed by atoms with Crippen molar-refractivity contribution in [1.29, 1.82) is 0 Å². The van der Waals surface area contributed by atoms with E-state index in [1.165, 1.54) is 6.42 Å². The van der Waals surface area contributed by atoms with E-state index in [-0.39, 0.29) is 17.6 Å². The molecule has 0 spiro atoms. The van der Waals surface area contributed by atoms with Gasteiger partial charge in [-0.05, 0) is 37.5 Å². The number of nitrogens with zero attached hydrogens (tertiary/aromatic N) is 4. The zero-order valence-electron chi connectivity index (χ0n) is 16.4. The van der Waals surface area contributed by atoms with Gasteiger partial charge in [0, 0.05) is 50.3 Å². The quantitative estimate of drug-likeness (QED) is 0.763. The maximum Gasteiger partial charge on any atom is 0.225 e. The summed E-state index contributed by atoms with van der Waals surface area (Å²) in [7, 11) is -3.29. The van der Waals surface area contributed by atoms with Gasteiger partial charge in [0.25, 0.3) is 0 Å². The molecule has 1 aromatic heterocycles. The molecule has 3 atom stereocenters. The summed E-state index contributed by atoms with van der Waals surface area (Å²) in [5, 5.41) is -0.522. The van der Waals surface area contributed by atoms with Crippen molar-refractivity contribution in [2.45, 2.75) is 55.9 Å². The lowest BCUT2D eigenvalue weighted by molar-refractivity contribution is -0.130. The Morgan fingerprint density at radius 1 is 1.21 bits per heavy atom. The van der Waals surface area contributed by atoms with Crippen LogP contribution < -0.4 is 4.90 Å². The van der Waals surface area contributed by atoms with Gasteiger partial charge in [0.15, 0.2) is 9.84 Å². The molecule has 0 N–H and O–H groups in total. The van der Waals surface area contributed by atoms with Gasteiger partial charge < -0.3 is 9.80 Å². The summed E-state index contributed by atoms with van der Waals surface area (Å²) in [4.78, 5) is 26.0. The first-order chi connectivity index (χ1) is 13.4. The van der Waals surface area contributed by atoms with E-state index in [1.54, 1.807) is 11.1 Å². The van der Waals surface area contributed by atoms with Crippen molar-refractivity contribution in [3.05, 3.63) is 17.5 Å². The van der Waals surface area contributed by atoms with Gasteiger partial charge in [-0.15, -0.1) is 0 Å². The lowest BCUT2D eigenvalue weighted by atomic mass is 9.99. The van der Waals surface area contributed by atoms with Crippen LogP contribution in [0.5, 0.6) is 0 Å². The van der Waals surface area contributed by atoms with Crippen molar-refractivity contribution in [3.8, 4) is 0 Å². The highest BCUT2D eigenvalue weighted by Crippen LogP contribution is 2.41. The van der Waals surface area contributed by atoms with Crippen LogP contribution in [0.1, 0.15) is 56.2 Å². The number of hydrogen-bond donors (Lipinski definition) is 0. The predicted molar refractivity (Wildman–Crippen MR) is 106 cm³/mol. The maximum atomic E-state index is 12.9. The largest absolute Gasteiger partial charge is 0.341 e. The number of piperidine rings is 1. The molecule has 28 heavy (non-hydrogen) atoms. The highest BCUT2D eigenvalue weighted by atomic mass is 32.2. The highest BCUT2D eigenvalue weighted by molar-refractivity contribution is 7.91. The first-order valence-electron chi connectivity index (χ1n) is 10.5. The fourth-order valence-electron chi connectivity index (χ4n) is 4.99. The number of sulfone groups is 1. The number of amides is 1. The molecular weight excluding hydrogens is 376 g/mol. The standard InChI is InChI=1S/C20H28N4O3S/c1-13-3-2-6-23(9-13)20-21-8-15-12-28(26,27)17-11-24(10-16(17)19(15)22-20)18(25)7-14-4-5-14/h8,13-14,16-17H,2-7,9-12H2,1H3/t13?,16-,17+/m0/s1. The van der Waals surface area contributed by atoms with Gasteiger partial charge in [0.1, 0.15) is 0 Å². The van der Waals surface area contributed by atoms with Gasteiger partial charge >= 0.3 is 0 Å². The lowest BCUT2D eigenvalue weighted by Crippen LogP contribution is -2.38.